The minimum absolute atomic E-state index is 0.00895. The van der Waals surface area contributed by atoms with Crippen LogP contribution in [-0.2, 0) is 41.6 Å². The highest BCUT2D eigenvalue weighted by Gasteiger charge is 2.36. The zero-order valence-electron chi connectivity index (χ0n) is 23.3. The minimum Gasteiger partial charge on any atom is -0.467 e. The molecule has 1 aliphatic heterocycles. The molecule has 0 unspecified atom stereocenters. The molecule has 1 saturated heterocycles. The van der Waals surface area contributed by atoms with Gasteiger partial charge in [-0.3, -0.25) is 19.2 Å². The lowest BCUT2D eigenvalue weighted by Crippen LogP contribution is -2.56. The van der Waals surface area contributed by atoms with Crippen LogP contribution in [0.25, 0.3) is 0 Å². The Labute approximate surface area is 235 Å². The van der Waals surface area contributed by atoms with E-state index in [0.29, 0.717) is 19.4 Å². The molecule has 3 rings (SSSR count). The standard InChI is InChI=1S/C30H38N4O6/c1-33(2)26(35)16-17-27(36)34-18-10-15-25(34)29(38)31-23(19-21-11-6-4-7-12-21)28(37)32-24(30(39)40-3)20-22-13-8-5-9-14-22/h4-9,11-14,23-25H,10,15-20H2,1-3H3,(H,31,38)(H,32,37)/t23-,24-,25-/m0/s1. The number of nitrogens with zero attached hydrogens (tertiary/aromatic N) is 2. The fraction of sp³-hybridized carbons (Fsp3) is 0.433. The Balaban J connectivity index is 1.74. The summed E-state index contributed by atoms with van der Waals surface area (Å²) >= 11 is 0. The van der Waals surface area contributed by atoms with E-state index in [2.05, 4.69) is 10.6 Å². The quantitative estimate of drug-likeness (QED) is 0.386. The van der Waals surface area contributed by atoms with Crippen LogP contribution >= 0.6 is 0 Å². The van der Waals surface area contributed by atoms with Gasteiger partial charge in [-0.2, -0.15) is 0 Å². The number of ether oxygens (including phenoxy) is 1. The molecule has 10 nitrogen and oxygen atoms in total. The van der Waals surface area contributed by atoms with Crippen molar-refractivity contribution in [3.63, 3.8) is 0 Å². The average Bonchev–Trinajstić information content (AvgIpc) is 3.46. The molecule has 1 heterocycles. The molecule has 3 atom stereocenters. The van der Waals surface area contributed by atoms with Crippen LogP contribution in [0, 0.1) is 0 Å². The predicted octanol–water partition coefficient (Wildman–Crippen LogP) is 1.47. The molecular formula is C30H38N4O6. The van der Waals surface area contributed by atoms with Crippen LogP contribution in [0.15, 0.2) is 60.7 Å². The van der Waals surface area contributed by atoms with E-state index in [4.69, 9.17) is 4.74 Å². The molecule has 40 heavy (non-hydrogen) atoms. The number of nitrogens with one attached hydrogen (secondary N) is 2. The minimum atomic E-state index is -0.995. The van der Waals surface area contributed by atoms with Gasteiger partial charge in [-0.15, -0.1) is 0 Å². The number of methoxy groups -OCH3 is 1. The first kappa shape index (κ1) is 30.3. The molecule has 0 spiro atoms. The molecule has 1 fully saturated rings. The Morgan fingerprint density at radius 3 is 2.00 bits per heavy atom. The lowest BCUT2D eigenvalue weighted by Gasteiger charge is -2.27. The largest absolute Gasteiger partial charge is 0.467 e. The molecule has 10 heteroatoms. The summed E-state index contributed by atoms with van der Waals surface area (Å²) in [5, 5.41) is 5.59. The van der Waals surface area contributed by atoms with Gasteiger partial charge in [0.15, 0.2) is 0 Å². The van der Waals surface area contributed by atoms with Gasteiger partial charge >= 0.3 is 5.97 Å². The average molecular weight is 551 g/mol. The molecule has 1 aliphatic rings. The number of esters is 1. The first-order valence-electron chi connectivity index (χ1n) is 13.5. The highest BCUT2D eigenvalue weighted by Crippen LogP contribution is 2.20. The van der Waals surface area contributed by atoms with Crippen molar-refractivity contribution >= 4 is 29.6 Å². The van der Waals surface area contributed by atoms with Gasteiger partial charge in [0.05, 0.1) is 7.11 Å². The molecule has 0 bridgehead atoms. The third kappa shape index (κ3) is 8.65. The molecule has 0 aliphatic carbocycles. The highest BCUT2D eigenvalue weighted by molar-refractivity contribution is 5.94. The van der Waals surface area contributed by atoms with Gasteiger partial charge in [-0.05, 0) is 24.0 Å². The Bertz CT molecular complexity index is 1170. The maximum absolute atomic E-state index is 13.5. The molecule has 2 aromatic rings. The Morgan fingerprint density at radius 1 is 0.875 bits per heavy atom. The number of benzene rings is 2. The maximum Gasteiger partial charge on any atom is 0.328 e. The van der Waals surface area contributed by atoms with Crippen LogP contribution in [0.2, 0.25) is 0 Å². The summed E-state index contributed by atoms with van der Waals surface area (Å²) in [7, 11) is 4.51. The van der Waals surface area contributed by atoms with E-state index in [1.807, 2.05) is 60.7 Å². The van der Waals surface area contributed by atoms with Crippen LogP contribution in [0.1, 0.15) is 36.8 Å². The Kier molecular flexibility index (Phi) is 11.2. The van der Waals surface area contributed by atoms with Crippen molar-refractivity contribution in [2.45, 2.75) is 56.7 Å². The smallest absolute Gasteiger partial charge is 0.328 e. The van der Waals surface area contributed by atoms with E-state index in [9.17, 15) is 24.0 Å². The number of hydrogen-bond donors (Lipinski definition) is 2. The monoisotopic (exact) mass is 550 g/mol. The molecule has 214 valence electrons. The van der Waals surface area contributed by atoms with Gasteiger partial charge < -0.3 is 25.2 Å². The van der Waals surface area contributed by atoms with Crippen molar-refractivity contribution in [2.24, 2.45) is 0 Å². The molecule has 2 N–H and O–H groups in total. The fourth-order valence-electron chi connectivity index (χ4n) is 4.70. The van der Waals surface area contributed by atoms with Gasteiger partial charge in [0.1, 0.15) is 18.1 Å². The number of amides is 4. The van der Waals surface area contributed by atoms with Crippen molar-refractivity contribution in [3.8, 4) is 0 Å². The summed E-state index contributed by atoms with van der Waals surface area (Å²) in [4.78, 5) is 67.2. The second kappa shape index (κ2) is 14.8. The zero-order chi connectivity index (χ0) is 29.1. The number of rotatable bonds is 12. The molecule has 0 aromatic heterocycles. The topological polar surface area (TPSA) is 125 Å². The first-order chi connectivity index (χ1) is 19.2. The van der Waals surface area contributed by atoms with Crippen LogP contribution < -0.4 is 10.6 Å². The number of carbonyl (C=O) groups is 5. The lowest BCUT2D eigenvalue weighted by atomic mass is 10.0. The van der Waals surface area contributed by atoms with Gasteiger partial charge in [-0.25, -0.2) is 4.79 Å². The van der Waals surface area contributed by atoms with Crippen LogP contribution in [0.4, 0.5) is 0 Å². The SMILES string of the molecule is COC(=O)[C@H](Cc1ccccc1)NC(=O)[C@H](Cc1ccccc1)NC(=O)[C@@H]1CCCN1C(=O)CCC(=O)N(C)C. The summed E-state index contributed by atoms with van der Waals surface area (Å²) in [6.07, 6.45) is 1.58. The second-order valence-electron chi connectivity index (χ2n) is 10.1. The van der Waals surface area contributed by atoms with Crippen molar-refractivity contribution in [1.82, 2.24) is 20.4 Å². The van der Waals surface area contributed by atoms with Crippen molar-refractivity contribution in [2.75, 3.05) is 27.7 Å². The predicted molar refractivity (Wildman–Crippen MR) is 149 cm³/mol. The van der Waals surface area contributed by atoms with Crippen LogP contribution in [-0.4, -0.2) is 85.3 Å². The van der Waals surface area contributed by atoms with E-state index in [1.165, 1.54) is 16.9 Å². The van der Waals surface area contributed by atoms with Gasteiger partial charge in [0.2, 0.25) is 23.6 Å². The number of hydrogen-bond acceptors (Lipinski definition) is 6. The lowest BCUT2D eigenvalue weighted by molar-refractivity contribution is -0.145. The molecule has 4 amide bonds. The van der Waals surface area contributed by atoms with Crippen molar-refractivity contribution in [1.29, 1.82) is 0 Å². The normalized spacial score (nSPS) is 16.0. The Hall–Kier alpha value is -4.21. The van der Waals surface area contributed by atoms with E-state index in [-0.39, 0.29) is 37.5 Å². The molecule has 0 radical (unpaired) electrons. The third-order valence-corrected chi connectivity index (χ3v) is 6.93. The van der Waals surface area contributed by atoms with E-state index < -0.39 is 35.9 Å². The summed E-state index contributed by atoms with van der Waals surface area (Å²) < 4.78 is 4.93. The van der Waals surface area contributed by atoms with Gasteiger partial charge in [0, 0.05) is 46.3 Å². The van der Waals surface area contributed by atoms with Crippen molar-refractivity contribution < 1.29 is 28.7 Å². The second-order valence-corrected chi connectivity index (χ2v) is 10.1. The summed E-state index contributed by atoms with van der Waals surface area (Å²) in [6, 6.07) is 15.8. The van der Waals surface area contributed by atoms with Crippen LogP contribution in [0.3, 0.4) is 0 Å². The van der Waals surface area contributed by atoms with Crippen LogP contribution in [0.5, 0.6) is 0 Å². The van der Waals surface area contributed by atoms with Gasteiger partial charge in [0.25, 0.3) is 0 Å². The van der Waals surface area contributed by atoms with E-state index in [1.54, 1.807) is 14.1 Å². The number of likely N-dealkylation sites (tertiary alicyclic amines) is 1. The number of carbonyl (C=O) groups excluding carboxylic acids is 5. The Morgan fingerprint density at radius 2 is 1.45 bits per heavy atom. The fourth-order valence-corrected chi connectivity index (χ4v) is 4.70. The summed E-state index contributed by atoms with van der Waals surface area (Å²) in [6.45, 7) is 0.407. The zero-order valence-corrected chi connectivity index (χ0v) is 23.3. The molecule has 0 saturated carbocycles. The summed E-state index contributed by atoms with van der Waals surface area (Å²) in [5.74, 6) is -2.01. The third-order valence-electron chi connectivity index (χ3n) is 6.93. The highest BCUT2D eigenvalue weighted by atomic mass is 16.5. The molecule has 2 aromatic carbocycles. The first-order valence-corrected chi connectivity index (χ1v) is 13.5. The van der Waals surface area contributed by atoms with Gasteiger partial charge in [-0.1, -0.05) is 60.7 Å². The van der Waals surface area contributed by atoms with E-state index >= 15 is 0 Å². The maximum atomic E-state index is 13.5. The molecular weight excluding hydrogens is 512 g/mol. The summed E-state index contributed by atoms with van der Waals surface area (Å²) in [5.41, 5.74) is 1.66. The van der Waals surface area contributed by atoms with Crippen molar-refractivity contribution in [3.05, 3.63) is 71.8 Å². The van der Waals surface area contributed by atoms with E-state index in [0.717, 1.165) is 11.1 Å².